The molecule has 18 heavy (non-hydrogen) atoms. The number of hydrogen-bond acceptors (Lipinski definition) is 0. The van der Waals surface area contributed by atoms with Gasteiger partial charge in [0.15, 0.2) is 0 Å². The first-order chi connectivity index (χ1) is 8.78. The Bertz CT molecular complexity index is 150. The summed E-state index contributed by atoms with van der Waals surface area (Å²) in [5.74, 6) is 2.03. The van der Waals surface area contributed by atoms with Gasteiger partial charge in [0.25, 0.3) is 0 Å². The third-order valence-corrected chi connectivity index (χ3v) is 4.37. The normalized spacial score (nSPS) is 14.7. The van der Waals surface area contributed by atoms with Crippen LogP contribution in [0.1, 0.15) is 105 Å². The average Bonchev–Trinajstić information content (AvgIpc) is 2.39. The molecule has 0 aliphatic carbocycles. The zero-order valence-corrected chi connectivity index (χ0v) is 13.6. The predicted octanol–water partition coefficient (Wildman–Crippen LogP) is 6.98. The van der Waals surface area contributed by atoms with Crippen LogP contribution < -0.4 is 0 Å². The topological polar surface area (TPSA) is 0 Å². The quantitative estimate of drug-likeness (QED) is 0.311. The molecule has 0 saturated heterocycles. The molecule has 0 N–H and O–H groups in total. The first-order valence-corrected chi connectivity index (χ1v) is 8.78. The maximum absolute atomic E-state index is 2.40. The minimum atomic E-state index is 1.01. The number of unbranched alkanes of at least 4 members (excludes halogenated alkanes) is 4. The summed E-state index contributed by atoms with van der Waals surface area (Å²) in [4.78, 5) is 0. The van der Waals surface area contributed by atoms with Crippen molar-refractivity contribution in [1.29, 1.82) is 0 Å². The van der Waals surface area contributed by atoms with Crippen LogP contribution in [0.15, 0.2) is 0 Å². The van der Waals surface area contributed by atoms with E-state index >= 15 is 0 Å². The average molecular weight is 255 g/mol. The molecular weight excluding hydrogens is 216 g/mol. The molecule has 0 aromatic heterocycles. The summed E-state index contributed by atoms with van der Waals surface area (Å²) in [5, 5.41) is 0. The van der Waals surface area contributed by atoms with Gasteiger partial charge in [-0.3, -0.25) is 0 Å². The maximum Gasteiger partial charge on any atom is -0.0412 e. The van der Waals surface area contributed by atoms with Gasteiger partial charge in [-0.1, -0.05) is 98.3 Å². The lowest BCUT2D eigenvalue weighted by Crippen LogP contribution is -2.09. The highest BCUT2D eigenvalue weighted by Crippen LogP contribution is 2.28. The summed E-state index contributed by atoms with van der Waals surface area (Å²) in [5.41, 5.74) is 0. The van der Waals surface area contributed by atoms with Crippen molar-refractivity contribution in [1.82, 2.24) is 0 Å². The van der Waals surface area contributed by atoms with Crippen LogP contribution in [0.2, 0.25) is 0 Å². The summed E-state index contributed by atoms with van der Waals surface area (Å²) in [7, 11) is 0. The predicted molar refractivity (Wildman–Crippen MR) is 85.1 cm³/mol. The highest BCUT2D eigenvalue weighted by molar-refractivity contribution is 4.66. The zero-order chi connectivity index (χ0) is 13.6. The Kier molecular flexibility index (Phi) is 13.4. The van der Waals surface area contributed by atoms with Gasteiger partial charge in [0.1, 0.15) is 0 Å². The molecule has 2 unspecified atom stereocenters. The van der Waals surface area contributed by atoms with E-state index < -0.39 is 0 Å². The molecule has 0 nitrogen and oxygen atoms in total. The van der Waals surface area contributed by atoms with E-state index in [4.69, 9.17) is 0 Å². The van der Waals surface area contributed by atoms with Crippen LogP contribution in [0.5, 0.6) is 0 Å². The van der Waals surface area contributed by atoms with E-state index in [9.17, 15) is 0 Å². The van der Waals surface area contributed by atoms with Gasteiger partial charge in [0.05, 0.1) is 0 Å². The maximum atomic E-state index is 2.40. The van der Waals surface area contributed by atoms with E-state index in [0.29, 0.717) is 0 Å². The van der Waals surface area contributed by atoms with Crippen molar-refractivity contribution in [2.75, 3.05) is 0 Å². The Morgan fingerprint density at radius 2 is 1.22 bits per heavy atom. The largest absolute Gasteiger partial charge is 0.0654 e. The molecule has 0 aromatic carbocycles. The van der Waals surface area contributed by atoms with E-state index in [-0.39, 0.29) is 0 Å². The van der Waals surface area contributed by atoms with Crippen LogP contribution in [0, 0.1) is 11.8 Å². The van der Waals surface area contributed by atoms with Crippen LogP contribution >= 0.6 is 0 Å². The molecule has 2 atom stereocenters. The van der Waals surface area contributed by atoms with E-state index in [2.05, 4.69) is 27.7 Å². The second kappa shape index (κ2) is 13.4. The SMILES string of the molecule is CCCCCCC(CC)CC(CCC)CCCC. The van der Waals surface area contributed by atoms with Crippen LogP contribution in [-0.4, -0.2) is 0 Å². The van der Waals surface area contributed by atoms with Gasteiger partial charge < -0.3 is 0 Å². The molecule has 0 rings (SSSR count). The summed E-state index contributed by atoms with van der Waals surface area (Å²) in [6.45, 7) is 9.37. The lowest BCUT2D eigenvalue weighted by Gasteiger charge is -2.22. The van der Waals surface area contributed by atoms with E-state index in [1.165, 1.54) is 77.0 Å². The van der Waals surface area contributed by atoms with Crippen molar-refractivity contribution in [3.05, 3.63) is 0 Å². The minimum Gasteiger partial charge on any atom is -0.0654 e. The molecule has 0 saturated carbocycles. The fourth-order valence-electron chi connectivity index (χ4n) is 3.10. The molecule has 0 aromatic rings. The minimum absolute atomic E-state index is 1.01. The molecule has 110 valence electrons. The summed E-state index contributed by atoms with van der Waals surface area (Å²) < 4.78 is 0. The summed E-state index contributed by atoms with van der Waals surface area (Å²) in [6.07, 6.45) is 17.3. The van der Waals surface area contributed by atoms with Crippen molar-refractivity contribution < 1.29 is 0 Å². The fourth-order valence-corrected chi connectivity index (χ4v) is 3.10. The molecule has 0 heterocycles. The van der Waals surface area contributed by atoms with Crippen LogP contribution in [-0.2, 0) is 0 Å². The molecule has 0 amide bonds. The molecule has 0 aliphatic heterocycles. The lowest BCUT2D eigenvalue weighted by atomic mass is 9.84. The van der Waals surface area contributed by atoms with Gasteiger partial charge in [0, 0.05) is 0 Å². The first-order valence-electron chi connectivity index (χ1n) is 8.78. The Morgan fingerprint density at radius 3 is 1.78 bits per heavy atom. The van der Waals surface area contributed by atoms with Gasteiger partial charge in [-0.15, -0.1) is 0 Å². The first kappa shape index (κ1) is 18.0. The third kappa shape index (κ3) is 9.97. The standard InChI is InChI=1S/C18H38/c1-5-9-11-12-15-17(8-4)16-18(13-7-3)14-10-6-2/h17-18H,5-16H2,1-4H3. The Balaban J connectivity index is 3.87. The van der Waals surface area contributed by atoms with Crippen molar-refractivity contribution >= 4 is 0 Å². The van der Waals surface area contributed by atoms with Crippen molar-refractivity contribution in [2.45, 2.75) is 105 Å². The van der Waals surface area contributed by atoms with Gasteiger partial charge >= 0.3 is 0 Å². The molecule has 0 spiro atoms. The monoisotopic (exact) mass is 254 g/mol. The van der Waals surface area contributed by atoms with Crippen molar-refractivity contribution in [2.24, 2.45) is 11.8 Å². The second-order valence-electron chi connectivity index (χ2n) is 6.16. The Hall–Kier alpha value is 0. The Labute approximate surface area is 117 Å². The second-order valence-corrected chi connectivity index (χ2v) is 6.16. The van der Waals surface area contributed by atoms with E-state index in [0.717, 1.165) is 11.8 Å². The smallest absolute Gasteiger partial charge is 0.0412 e. The number of rotatable bonds is 13. The summed E-state index contributed by atoms with van der Waals surface area (Å²) in [6, 6.07) is 0. The number of hydrogen-bond donors (Lipinski definition) is 0. The molecular formula is C18H38. The third-order valence-electron chi connectivity index (χ3n) is 4.37. The van der Waals surface area contributed by atoms with Gasteiger partial charge in [-0.25, -0.2) is 0 Å². The van der Waals surface area contributed by atoms with E-state index in [1.54, 1.807) is 0 Å². The fraction of sp³-hybridized carbons (Fsp3) is 1.00. The van der Waals surface area contributed by atoms with Gasteiger partial charge in [0.2, 0.25) is 0 Å². The van der Waals surface area contributed by atoms with Gasteiger partial charge in [-0.05, 0) is 18.3 Å². The van der Waals surface area contributed by atoms with Crippen LogP contribution in [0.3, 0.4) is 0 Å². The zero-order valence-electron chi connectivity index (χ0n) is 13.6. The highest BCUT2D eigenvalue weighted by Gasteiger charge is 2.14. The molecule has 0 fully saturated rings. The molecule has 0 heteroatoms. The molecule has 0 aliphatic rings. The van der Waals surface area contributed by atoms with Gasteiger partial charge in [-0.2, -0.15) is 0 Å². The van der Waals surface area contributed by atoms with E-state index in [1.807, 2.05) is 0 Å². The molecule has 0 bridgehead atoms. The molecule has 0 radical (unpaired) electrons. The van der Waals surface area contributed by atoms with Crippen LogP contribution in [0.4, 0.5) is 0 Å². The summed E-state index contributed by atoms with van der Waals surface area (Å²) >= 11 is 0. The van der Waals surface area contributed by atoms with Crippen LogP contribution in [0.25, 0.3) is 0 Å². The lowest BCUT2D eigenvalue weighted by molar-refractivity contribution is 0.301. The van der Waals surface area contributed by atoms with Crippen molar-refractivity contribution in [3.8, 4) is 0 Å². The Morgan fingerprint density at radius 1 is 0.556 bits per heavy atom. The highest BCUT2D eigenvalue weighted by atomic mass is 14.2. The van der Waals surface area contributed by atoms with Crippen molar-refractivity contribution in [3.63, 3.8) is 0 Å².